The molecule has 2 rings (SSSR count). The molecule has 3 heteroatoms. The second-order valence-corrected chi connectivity index (χ2v) is 3.28. The van der Waals surface area contributed by atoms with Crippen LogP contribution in [0, 0.1) is 0 Å². The molecule has 1 heterocycles. The minimum Gasteiger partial charge on any atom is -1.00 e. The molecule has 0 saturated heterocycles. The summed E-state index contributed by atoms with van der Waals surface area (Å²) in [5, 5.41) is 0. The van der Waals surface area contributed by atoms with E-state index in [1.807, 2.05) is 31.2 Å². The third-order valence-electron chi connectivity index (χ3n) is 1.92. The van der Waals surface area contributed by atoms with E-state index in [1.54, 1.807) is 6.39 Å². The number of oxazole rings is 1. The first-order chi connectivity index (χ1) is 6.27. The molecule has 0 spiro atoms. The number of para-hydroxylation sites is 2. The lowest BCUT2D eigenvalue weighted by molar-refractivity contribution is -0.667. The quantitative estimate of drug-likeness (QED) is 0.407. The van der Waals surface area contributed by atoms with Gasteiger partial charge in [0.2, 0.25) is 5.58 Å². The van der Waals surface area contributed by atoms with Gasteiger partial charge in [0, 0.05) is 6.07 Å². The molecule has 0 bridgehead atoms. The summed E-state index contributed by atoms with van der Waals surface area (Å²) in [5.74, 6) is 0. The molecule has 0 fully saturated rings. The number of rotatable bonds is 2. The van der Waals surface area contributed by atoms with E-state index in [-0.39, 0.29) is 24.0 Å². The molecule has 2 aromatic rings. The summed E-state index contributed by atoms with van der Waals surface area (Å²) in [4.78, 5) is 0. The van der Waals surface area contributed by atoms with E-state index in [0.29, 0.717) is 0 Å². The van der Waals surface area contributed by atoms with Gasteiger partial charge in [-0.3, -0.25) is 0 Å². The fourth-order valence-electron chi connectivity index (χ4n) is 1.38. The lowest BCUT2D eigenvalue weighted by Gasteiger charge is -1.90. The van der Waals surface area contributed by atoms with Crippen LogP contribution in [0.15, 0.2) is 47.2 Å². The molecule has 2 nitrogen and oxygen atoms in total. The molecule has 0 N–H and O–H groups in total. The lowest BCUT2D eigenvalue weighted by atomic mass is 10.3. The van der Waals surface area contributed by atoms with Crippen LogP contribution in [0.1, 0.15) is 6.92 Å². The van der Waals surface area contributed by atoms with E-state index in [4.69, 9.17) is 4.42 Å². The third kappa shape index (κ3) is 2.15. The molecule has 0 amide bonds. The largest absolute Gasteiger partial charge is 1.00 e. The van der Waals surface area contributed by atoms with Crippen molar-refractivity contribution in [2.45, 2.75) is 13.5 Å². The normalized spacial score (nSPS) is 9.79. The first-order valence-corrected chi connectivity index (χ1v) is 4.27. The van der Waals surface area contributed by atoms with E-state index >= 15 is 0 Å². The van der Waals surface area contributed by atoms with Crippen LogP contribution in [0.4, 0.5) is 0 Å². The van der Waals surface area contributed by atoms with Crippen LogP contribution in [0.5, 0.6) is 0 Å². The Morgan fingerprint density at radius 2 is 2.14 bits per heavy atom. The van der Waals surface area contributed by atoms with Gasteiger partial charge in [0.05, 0.1) is 0 Å². The number of hydrogen-bond acceptors (Lipinski definition) is 1. The fourth-order valence-corrected chi connectivity index (χ4v) is 1.38. The van der Waals surface area contributed by atoms with Crippen LogP contribution >= 0.6 is 0 Å². The van der Waals surface area contributed by atoms with Crippen LogP contribution in [-0.4, -0.2) is 0 Å². The van der Waals surface area contributed by atoms with Crippen molar-refractivity contribution in [1.82, 2.24) is 0 Å². The number of fused-ring (bicyclic) bond motifs is 1. The smallest absolute Gasteiger partial charge is 0.335 e. The summed E-state index contributed by atoms with van der Waals surface area (Å²) in [6, 6.07) is 7.98. The Bertz CT molecular complexity index is 447. The van der Waals surface area contributed by atoms with Crippen LogP contribution in [0.3, 0.4) is 0 Å². The minimum absolute atomic E-state index is 0. The van der Waals surface area contributed by atoms with Gasteiger partial charge in [0.1, 0.15) is 0 Å². The zero-order valence-corrected chi connectivity index (χ0v) is 10.2. The predicted molar refractivity (Wildman–Crippen MR) is 51.2 cm³/mol. The number of aromatic nitrogens is 1. The monoisotopic (exact) mass is 301 g/mol. The fraction of sp³-hybridized carbons (Fsp3) is 0.182. The van der Waals surface area contributed by atoms with Crippen LogP contribution in [-0.2, 0) is 6.54 Å². The first-order valence-electron chi connectivity index (χ1n) is 4.27. The summed E-state index contributed by atoms with van der Waals surface area (Å²) in [6.07, 6.45) is 1.74. The van der Waals surface area contributed by atoms with E-state index in [1.165, 1.54) is 0 Å². The zero-order valence-electron chi connectivity index (χ0n) is 8.03. The highest BCUT2D eigenvalue weighted by molar-refractivity contribution is 5.67. The van der Waals surface area contributed by atoms with Crippen molar-refractivity contribution < 1.29 is 33.0 Å². The molecule has 1 aromatic carbocycles. The van der Waals surface area contributed by atoms with Crippen molar-refractivity contribution >= 4 is 11.1 Å². The molecule has 0 aliphatic carbocycles. The van der Waals surface area contributed by atoms with Gasteiger partial charge in [-0.05, 0) is 18.6 Å². The molecule has 0 aliphatic heterocycles. The van der Waals surface area contributed by atoms with Crippen LogP contribution in [0.25, 0.3) is 11.1 Å². The maximum absolute atomic E-state index is 5.37. The topological polar surface area (TPSA) is 17.0 Å². The van der Waals surface area contributed by atoms with Crippen molar-refractivity contribution in [3.05, 3.63) is 42.8 Å². The molecule has 0 aliphatic rings. The average molecular weight is 301 g/mol. The second kappa shape index (κ2) is 4.59. The summed E-state index contributed by atoms with van der Waals surface area (Å²) in [6.45, 7) is 6.70. The number of nitrogens with zero attached hydrogens (tertiary/aromatic N) is 1. The lowest BCUT2D eigenvalue weighted by Crippen LogP contribution is -3.00. The zero-order chi connectivity index (χ0) is 9.26. The molecule has 14 heavy (non-hydrogen) atoms. The molecule has 74 valence electrons. The maximum Gasteiger partial charge on any atom is 0.335 e. The van der Waals surface area contributed by atoms with E-state index in [9.17, 15) is 0 Å². The van der Waals surface area contributed by atoms with Crippen molar-refractivity contribution in [2.24, 2.45) is 0 Å². The van der Waals surface area contributed by atoms with E-state index in [0.717, 1.165) is 23.2 Å². The standard InChI is InChI=1S/C11H12NO.HI/c1-9(2)7-12-8-13-11-6-4-3-5-10(11)12;/h3-6,8H,1,7H2,2H3;1H/q+1;/p-1. The molecule has 0 saturated carbocycles. The molecule has 0 radical (unpaired) electrons. The van der Waals surface area contributed by atoms with Crippen molar-refractivity contribution in [2.75, 3.05) is 0 Å². The highest BCUT2D eigenvalue weighted by atomic mass is 127. The summed E-state index contributed by atoms with van der Waals surface area (Å²) in [5.41, 5.74) is 3.16. The molecule has 0 unspecified atom stereocenters. The molecule has 0 atom stereocenters. The number of benzene rings is 1. The Morgan fingerprint density at radius 3 is 2.86 bits per heavy atom. The van der Waals surface area contributed by atoms with Gasteiger partial charge in [0.15, 0.2) is 6.54 Å². The van der Waals surface area contributed by atoms with Gasteiger partial charge >= 0.3 is 6.39 Å². The van der Waals surface area contributed by atoms with Crippen molar-refractivity contribution in [3.63, 3.8) is 0 Å². The third-order valence-corrected chi connectivity index (χ3v) is 1.92. The number of hydrogen-bond donors (Lipinski definition) is 0. The van der Waals surface area contributed by atoms with Gasteiger partial charge in [-0.25, -0.2) is 0 Å². The summed E-state index contributed by atoms with van der Waals surface area (Å²) in [7, 11) is 0. The van der Waals surface area contributed by atoms with Crippen LogP contribution in [0.2, 0.25) is 0 Å². The Balaban J connectivity index is 0.000000980. The van der Waals surface area contributed by atoms with E-state index < -0.39 is 0 Å². The van der Waals surface area contributed by atoms with Crippen LogP contribution < -0.4 is 28.5 Å². The molecular weight excluding hydrogens is 289 g/mol. The predicted octanol–water partition coefficient (Wildman–Crippen LogP) is -0.700. The average Bonchev–Trinajstić information content (AvgIpc) is 2.48. The van der Waals surface area contributed by atoms with Gasteiger partial charge in [-0.1, -0.05) is 18.7 Å². The van der Waals surface area contributed by atoms with Crippen molar-refractivity contribution in [1.29, 1.82) is 0 Å². The number of halogens is 1. The Kier molecular flexibility index (Phi) is 3.69. The number of allylic oxidation sites excluding steroid dienone is 1. The summed E-state index contributed by atoms with van der Waals surface area (Å²) >= 11 is 0. The van der Waals surface area contributed by atoms with Gasteiger partial charge in [-0.15, -0.1) is 0 Å². The van der Waals surface area contributed by atoms with Crippen molar-refractivity contribution in [3.8, 4) is 0 Å². The van der Waals surface area contributed by atoms with E-state index in [2.05, 4.69) is 11.1 Å². The first kappa shape index (κ1) is 11.2. The Hall–Kier alpha value is -0.840. The second-order valence-electron chi connectivity index (χ2n) is 3.28. The maximum atomic E-state index is 5.37. The Labute approximate surface area is 100 Å². The Morgan fingerprint density at radius 1 is 1.43 bits per heavy atom. The molecular formula is C11H12INO. The van der Waals surface area contributed by atoms with Gasteiger partial charge in [0.25, 0.3) is 5.52 Å². The SMILES string of the molecule is C=C(C)C[n+]1coc2ccccc21.[I-]. The molecule has 1 aromatic heterocycles. The highest BCUT2D eigenvalue weighted by Gasteiger charge is 2.11. The van der Waals surface area contributed by atoms with Gasteiger partial charge < -0.3 is 28.4 Å². The summed E-state index contributed by atoms with van der Waals surface area (Å²) < 4.78 is 7.43. The minimum atomic E-state index is 0. The highest BCUT2D eigenvalue weighted by Crippen LogP contribution is 2.09. The van der Waals surface area contributed by atoms with Gasteiger partial charge in [-0.2, -0.15) is 4.57 Å².